The van der Waals surface area contributed by atoms with Crippen LogP contribution >= 0.6 is 22.9 Å². The Balaban J connectivity index is 1.76. The molecule has 0 unspecified atom stereocenters. The van der Waals surface area contributed by atoms with E-state index >= 15 is 0 Å². The SMILES string of the molecule is O=C(C=Cc1c(F)cccc1Cl)Nc1nc2ccccc2s1. The highest BCUT2D eigenvalue weighted by Crippen LogP contribution is 2.25. The van der Waals surface area contributed by atoms with Crippen LogP contribution in [0, 0.1) is 5.82 Å². The number of para-hydroxylation sites is 1. The van der Waals surface area contributed by atoms with E-state index in [2.05, 4.69) is 10.3 Å². The molecule has 0 aliphatic carbocycles. The molecule has 0 spiro atoms. The Kier molecular flexibility index (Phi) is 4.18. The smallest absolute Gasteiger partial charge is 0.250 e. The monoisotopic (exact) mass is 332 g/mol. The lowest BCUT2D eigenvalue weighted by Crippen LogP contribution is -2.07. The zero-order chi connectivity index (χ0) is 15.5. The van der Waals surface area contributed by atoms with Crippen LogP contribution in [0.2, 0.25) is 5.02 Å². The standard InChI is InChI=1S/C16H10ClFN2OS/c17-11-4-3-5-12(18)10(11)8-9-15(21)20-16-19-13-6-1-2-7-14(13)22-16/h1-9H,(H,19,20,21). The second-order valence-electron chi connectivity index (χ2n) is 4.44. The van der Waals surface area contributed by atoms with Crippen molar-refractivity contribution in [1.82, 2.24) is 4.98 Å². The Hall–Kier alpha value is -2.24. The number of carbonyl (C=O) groups is 1. The molecule has 3 nitrogen and oxygen atoms in total. The summed E-state index contributed by atoms with van der Waals surface area (Å²) in [6.07, 6.45) is 2.58. The maximum atomic E-state index is 13.6. The van der Waals surface area contributed by atoms with Crippen LogP contribution in [0.5, 0.6) is 0 Å². The Morgan fingerprint density at radius 3 is 2.82 bits per heavy atom. The molecule has 0 atom stereocenters. The number of hydrogen-bond donors (Lipinski definition) is 1. The number of nitrogens with zero attached hydrogens (tertiary/aromatic N) is 1. The number of rotatable bonds is 3. The van der Waals surface area contributed by atoms with Crippen LogP contribution in [0.3, 0.4) is 0 Å². The molecule has 0 saturated heterocycles. The maximum absolute atomic E-state index is 13.6. The van der Waals surface area contributed by atoms with Crippen LogP contribution < -0.4 is 5.32 Å². The van der Waals surface area contributed by atoms with Gasteiger partial charge in [0.1, 0.15) is 5.82 Å². The minimum atomic E-state index is -0.475. The molecule has 0 bridgehead atoms. The molecule has 3 rings (SSSR count). The van der Waals surface area contributed by atoms with E-state index in [1.54, 1.807) is 6.07 Å². The largest absolute Gasteiger partial charge is 0.298 e. The highest BCUT2D eigenvalue weighted by atomic mass is 35.5. The van der Waals surface area contributed by atoms with Gasteiger partial charge in [-0.25, -0.2) is 9.37 Å². The number of benzene rings is 2. The number of halogens is 2. The van der Waals surface area contributed by atoms with E-state index in [0.29, 0.717) is 5.13 Å². The quantitative estimate of drug-likeness (QED) is 0.704. The zero-order valence-corrected chi connectivity index (χ0v) is 12.8. The van der Waals surface area contributed by atoms with Crippen molar-refractivity contribution < 1.29 is 9.18 Å². The zero-order valence-electron chi connectivity index (χ0n) is 11.2. The average molecular weight is 333 g/mol. The topological polar surface area (TPSA) is 42.0 Å². The summed E-state index contributed by atoms with van der Waals surface area (Å²) in [7, 11) is 0. The third kappa shape index (κ3) is 3.16. The molecular weight excluding hydrogens is 323 g/mol. The summed E-state index contributed by atoms with van der Waals surface area (Å²) in [5.74, 6) is -0.866. The first kappa shape index (κ1) is 14.7. The van der Waals surface area contributed by atoms with E-state index in [-0.39, 0.29) is 10.6 Å². The first-order chi connectivity index (χ1) is 10.6. The molecule has 1 aromatic heterocycles. The molecule has 110 valence electrons. The second kappa shape index (κ2) is 6.25. The highest BCUT2D eigenvalue weighted by Gasteiger charge is 2.07. The van der Waals surface area contributed by atoms with Gasteiger partial charge in [-0.1, -0.05) is 41.1 Å². The fourth-order valence-corrected chi connectivity index (χ4v) is 3.00. The Labute approximate surface area is 135 Å². The van der Waals surface area contributed by atoms with Crippen LogP contribution in [0.4, 0.5) is 9.52 Å². The van der Waals surface area contributed by atoms with E-state index in [4.69, 9.17) is 11.6 Å². The number of nitrogens with one attached hydrogen (secondary N) is 1. The summed E-state index contributed by atoms with van der Waals surface area (Å²) in [5, 5.41) is 3.41. The number of anilines is 1. The first-order valence-electron chi connectivity index (χ1n) is 6.42. The van der Waals surface area contributed by atoms with Crippen molar-refractivity contribution in [1.29, 1.82) is 0 Å². The number of fused-ring (bicyclic) bond motifs is 1. The van der Waals surface area contributed by atoms with E-state index in [0.717, 1.165) is 10.2 Å². The fraction of sp³-hybridized carbons (Fsp3) is 0. The molecule has 0 radical (unpaired) electrons. The van der Waals surface area contributed by atoms with Crippen molar-refractivity contribution in [3.63, 3.8) is 0 Å². The predicted octanol–water partition coefficient (Wildman–Crippen LogP) is 4.74. The minimum absolute atomic E-state index is 0.184. The number of aromatic nitrogens is 1. The van der Waals surface area contributed by atoms with Gasteiger partial charge < -0.3 is 0 Å². The van der Waals surface area contributed by atoms with Crippen molar-refractivity contribution in [2.24, 2.45) is 0 Å². The molecular formula is C16H10ClFN2OS. The molecule has 0 aliphatic heterocycles. The van der Waals surface area contributed by atoms with Gasteiger partial charge in [-0.05, 0) is 30.3 Å². The number of thiazole rings is 1. The lowest BCUT2D eigenvalue weighted by atomic mass is 10.2. The van der Waals surface area contributed by atoms with E-state index in [1.165, 1.54) is 35.6 Å². The van der Waals surface area contributed by atoms with E-state index < -0.39 is 11.7 Å². The molecule has 3 aromatic rings. The summed E-state index contributed by atoms with van der Waals surface area (Å²) in [6, 6.07) is 12.0. The molecule has 1 amide bonds. The van der Waals surface area contributed by atoms with Crippen LogP contribution in [-0.2, 0) is 4.79 Å². The lowest BCUT2D eigenvalue weighted by molar-refractivity contribution is -0.111. The van der Waals surface area contributed by atoms with Gasteiger partial charge in [0.05, 0.1) is 15.2 Å². The summed E-state index contributed by atoms with van der Waals surface area (Å²) < 4.78 is 14.6. The van der Waals surface area contributed by atoms with E-state index in [9.17, 15) is 9.18 Å². The third-order valence-corrected chi connectivity index (χ3v) is 4.21. The molecule has 0 fully saturated rings. The van der Waals surface area contributed by atoms with Gasteiger partial charge in [-0.2, -0.15) is 0 Å². The molecule has 0 saturated carbocycles. The molecule has 0 aliphatic rings. The number of amides is 1. The van der Waals surface area contributed by atoms with Gasteiger partial charge in [0, 0.05) is 11.6 Å². The number of hydrogen-bond acceptors (Lipinski definition) is 3. The fourth-order valence-electron chi connectivity index (χ4n) is 1.90. The van der Waals surface area contributed by atoms with Crippen LogP contribution in [0.15, 0.2) is 48.5 Å². The normalized spacial score (nSPS) is 11.2. The Morgan fingerprint density at radius 2 is 2.05 bits per heavy atom. The molecule has 6 heteroatoms. The van der Waals surface area contributed by atoms with Crippen molar-refractivity contribution >= 4 is 50.3 Å². The van der Waals surface area contributed by atoms with Crippen LogP contribution in [-0.4, -0.2) is 10.9 Å². The van der Waals surface area contributed by atoms with Crippen LogP contribution in [0.25, 0.3) is 16.3 Å². The third-order valence-electron chi connectivity index (χ3n) is 2.93. The van der Waals surface area contributed by atoms with Gasteiger partial charge in [-0.15, -0.1) is 0 Å². The van der Waals surface area contributed by atoms with Crippen molar-refractivity contribution in [3.8, 4) is 0 Å². The van der Waals surface area contributed by atoms with Crippen molar-refractivity contribution in [2.75, 3.05) is 5.32 Å². The summed E-state index contributed by atoms with van der Waals surface area (Å²) in [4.78, 5) is 16.2. The van der Waals surface area contributed by atoms with Gasteiger partial charge in [0.2, 0.25) is 5.91 Å². The molecule has 22 heavy (non-hydrogen) atoms. The summed E-state index contributed by atoms with van der Waals surface area (Å²) >= 11 is 7.27. The predicted molar refractivity (Wildman–Crippen MR) is 88.7 cm³/mol. The average Bonchev–Trinajstić information content (AvgIpc) is 2.88. The van der Waals surface area contributed by atoms with E-state index in [1.807, 2.05) is 24.3 Å². The molecule has 1 N–H and O–H groups in total. The summed E-state index contributed by atoms with van der Waals surface area (Å²) in [5.41, 5.74) is 1.01. The lowest BCUT2D eigenvalue weighted by Gasteiger charge is -1.99. The Morgan fingerprint density at radius 1 is 1.23 bits per heavy atom. The maximum Gasteiger partial charge on any atom is 0.250 e. The van der Waals surface area contributed by atoms with Gasteiger partial charge >= 0.3 is 0 Å². The minimum Gasteiger partial charge on any atom is -0.298 e. The molecule has 2 aromatic carbocycles. The van der Waals surface area contributed by atoms with Crippen LogP contribution in [0.1, 0.15) is 5.56 Å². The molecule has 1 heterocycles. The van der Waals surface area contributed by atoms with Crippen molar-refractivity contribution in [3.05, 3.63) is 64.9 Å². The first-order valence-corrected chi connectivity index (χ1v) is 7.61. The van der Waals surface area contributed by atoms with Gasteiger partial charge in [0.15, 0.2) is 5.13 Å². The second-order valence-corrected chi connectivity index (χ2v) is 5.88. The summed E-state index contributed by atoms with van der Waals surface area (Å²) in [6.45, 7) is 0. The van der Waals surface area contributed by atoms with Crippen molar-refractivity contribution in [2.45, 2.75) is 0 Å². The highest BCUT2D eigenvalue weighted by molar-refractivity contribution is 7.22. The Bertz CT molecular complexity index is 822. The van der Waals surface area contributed by atoms with Gasteiger partial charge in [0.25, 0.3) is 0 Å². The van der Waals surface area contributed by atoms with Gasteiger partial charge in [-0.3, -0.25) is 10.1 Å². The number of carbonyl (C=O) groups excluding carboxylic acids is 1.